The van der Waals surface area contributed by atoms with E-state index in [0.717, 1.165) is 15.2 Å². The minimum absolute atomic E-state index is 0.209. The van der Waals surface area contributed by atoms with Crippen molar-refractivity contribution in [3.63, 3.8) is 0 Å². The van der Waals surface area contributed by atoms with E-state index in [4.69, 9.17) is 4.74 Å². The number of carbonyl (C=O) groups excluding carboxylic acids is 1. The van der Waals surface area contributed by atoms with Gasteiger partial charge in [0.1, 0.15) is 10.8 Å². The summed E-state index contributed by atoms with van der Waals surface area (Å²) in [6, 6.07) is 11.7. The Balaban J connectivity index is 1.82. The first kappa shape index (κ1) is 19.3. The van der Waals surface area contributed by atoms with Gasteiger partial charge >= 0.3 is 12.3 Å². The van der Waals surface area contributed by atoms with Crippen LogP contribution in [0.3, 0.4) is 0 Å². The first-order valence-corrected chi connectivity index (χ1v) is 9.44. The Bertz CT molecular complexity index is 1190. The van der Waals surface area contributed by atoms with Gasteiger partial charge in [-0.3, -0.25) is 4.79 Å². The van der Waals surface area contributed by atoms with Crippen molar-refractivity contribution in [2.24, 2.45) is 0 Å². The SMILES string of the molecule is CC(=O)Oc1c(C)n(Cc2nc3ccccc3s2)c2ccc(OC(F)(F)F)cc12. The second-order valence-electron chi connectivity index (χ2n) is 6.40. The fourth-order valence-corrected chi connectivity index (χ4v) is 4.18. The molecule has 0 bridgehead atoms. The van der Waals surface area contributed by atoms with Crippen LogP contribution in [0.2, 0.25) is 0 Å². The first-order valence-electron chi connectivity index (χ1n) is 8.63. The molecule has 0 atom stereocenters. The summed E-state index contributed by atoms with van der Waals surface area (Å²) in [6.45, 7) is 3.38. The minimum Gasteiger partial charge on any atom is -0.424 e. The zero-order valence-electron chi connectivity index (χ0n) is 15.4. The average molecular weight is 420 g/mol. The Hall–Kier alpha value is -3.07. The van der Waals surface area contributed by atoms with Gasteiger partial charge in [-0.25, -0.2) is 4.98 Å². The highest BCUT2D eigenvalue weighted by molar-refractivity contribution is 7.18. The van der Waals surface area contributed by atoms with E-state index in [2.05, 4.69) is 9.72 Å². The lowest BCUT2D eigenvalue weighted by Crippen LogP contribution is -2.17. The molecule has 4 rings (SSSR count). The molecule has 2 aromatic carbocycles. The van der Waals surface area contributed by atoms with Crippen molar-refractivity contribution in [2.45, 2.75) is 26.8 Å². The van der Waals surface area contributed by atoms with Crippen molar-refractivity contribution in [1.82, 2.24) is 9.55 Å². The maximum absolute atomic E-state index is 12.6. The van der Waals surface area contributed by atoms with Crippen LogP contribution in [0.1, 0.15) is 17.6 Å². The summed E-state index contributed by atoms with van der Waals surface area (Å²) < 4.78 is 50.0. The maximum atomic E-state index is 12.6. The van der Waals surface area contributed by atoms with Gasteiger partial charge in [0.15, 0.2) is 5.75 Å². The zero-order valence-corrected chi connectivity index (χ0v) is 16.2. The zero-order chi connectivity index (χ0) is 20.8. The molecule has 0 aliphatic heterocycles. The number of thiazole rings is 1. The van der Waals surface area contributed by atoms with Gasteiger partial charge in [-0.1, -0.05) is 12.1 Å². The third-order valence-electron chi connectivity index (χ3n) is 4.35. The topological polar surface area (TPSA) is 53.4 Å². The minimum atomic E-state index is -4.81. The van der Waals surface area contributed by atoms with Gasteiger partial charge in [-0.05, 0) is 37.3 Å². The highest BCUT2D eigenvalue weighted by Crippen LogP contribution is 2.37. The molecule has 29 heavy (non-hydrogen) atoms. The second kappa shape index (κ2) is 7.07. The van der Waals surface area contributed by atoms with Crippen LogP contribution >= 0.6 is 11.3 Å². The fourth-order valence-electron chi connectivity index (χ4n) is 3.23. The van der Waals surface area contributed by atoms with Crippen LogP contribution in [0.25, 0.3) is 21.1 Å². The van der Waals surface area contributed by atoms with Crippen molar-refractivity contribution < 1.29 is 27.4 Å². The number of ether oxygens (including phenoxy) is 2. The van der Waals surface area contributed by atoms with E-state index in [1.54, 1.807) is 6.92 Å². The van der Waals surface area contributed by atoms with Crippen LogP contribution in [-0.2, 0) is 11.3 Å². The molecule has 0 saturated carbocycles. The molecule has 0 radical (unpaired) electrons. The van der Waals surface area contributed by atoms with Crippen molar-refractivity contribution in [1.29, 1.82) is 0 Å². The van der Waals surface area contributed by atoms with E-state index in [1.165, 1.54) is 36.5 Å². The molecule has 0 aliphatic rings. The molecule has 0 fully saturated rings. The lowest BCUT2D eigenvalue weighted by atomic mass is 10.2. The predicted molar refractivity (Wildman–Crippen MR) is 103 cm³/mol. The molecule has 5 nitrogen and oxygen atoms in total. The van der Waals surface area contributed by atoms with Crippen molar-refractivity contribution in [2.75, 3.05) is 0 Å². The predicted octanol–water partition coefficient (Wildman–Crippen LogP) is 5.43. The van der Waals surface area contributed by atoms with Gasteiger partial charge in [0, 0.05) is 12.3 Å². The van der Waals surface area contributed by atoms with E-state index < -0.39 is 12.3 Å². The number of hydrogen-bond acceptors (Lipinski definition) is 5. The maximum Gasteiger partial charge on any atom is 0.573 e. The molecule has 9 heteroatoms. The Morgan fingerprint density at radius 1 is 1.21 bits per heavy atom. The highest BCUT2D eigenvalue weighted by atomic mass is 32.1. The molecule has 0 spiro atoms. The molecule has 0 unspecified atom stereocenters. The first-order chi connectivity index (χ1) is 13.7. The normalized spacial score (nSPS) is 11.9. The number of fused-ring (bicyclic) bond motifs is 2. The van der Waals surface area contributed by atoms with Gasteiger partial charge in [0.25, 0.3) is 0 Å². The number of esters is 1. The summed E-state index contributed by atoms with van der Waals surface area (Å²) in [5.74, 6) is -0.731. The molecule has 2 heterocycles. The van der Waals surface area contributed by atoms with Crippen LogP contribution < -0.4 is 9.47 Å². The largest absolute Gasteiger partial charge is 0.573 e. The summed E-state index contributed by atoms with van der Waals surface area (Å²) in [7, 11) is 0. The fraction of sp³-hybridized carbons (Fsp3) is 0.200. The smallest absolute Gasteiger partial charge is 0.424 e. The Morgan fingerprint density at radius 3 is 2.66 bits per heavy atom. The van der Waals surface area contributed by atoms with Crippen molar-refractivity contribution in [3.8, 4) is 11.5 Å². The molecular formula is C20H15F3N2O3S. The third-order valence-corrected chi connectivity index (χ3v) is 5.37. The van der Waals surface area contributed by atoms with Gasteiger partial charge in [-0.2, -0.15) is 0 Å². The highest BCUT2D eigenvalue weighted by Gasteiger charge is 2.31. The van der Waals surface area contributed by atoms with E-state index in [-0.39, 0.29) is 11.5 Å². The Morgan fingerprint density at radius 2 is 1.97 bits per heavy atom. The second-order valence-corrected chi connectivity index (χ2v) is 7.51. The van der Waals surface area contributed by atoms with Gasteiger partial charge in [-0.15, -0.1) is 24.5 Å². The standard InChI is InChI=1S/C20H15F3N2O3S/c1-11-19(27-12(2)26)14-9-13(28-20(21,22)23)7-8-16(14)25(11)10-18-24-15-5-3-4-6-17(15)29-18/h3-9H,10H2,1-2H3. The lowest BCUT2D eigenvalue weighted by molar-refractivity contribution is -0.274. The van der Waals surface area contributed by atoms with E-state index in [1.807, 2.05) is 28.8 Å². The number of nitrogens with zero attached hydrogens (tertiary/aromatic N) is 2. The lowest BCUT2D eigenvalue weighted by Gasteiger charge is -2.09. The molecule has 4 aromatic rings. The number of hydrogen-bond donors (Lipinski definition) is 0. The summed E-state index contributed by atoms with van der Waals surface area (Å²) in [5, 5.41) is 1.19. The van der Waals surface area contributed by atoms with Crippen LogP contribution in [-0.4, -0.2) is 21.9 Å². The summed E-state index contributed by atoms with van der Waals surface area (Å²) in [5.41, 5.74) is 2.11. The van der Waals surface area contributed by atoms with E-state index >= 15 is 0 Å². The van der Waals surface area contributed by atoms with E-state index in [0.29, 0.717) is 23.1 Å². The third kappa shape index (κ3) is 3.91. The quantitative estimate of drug-likeness (QED) is 0.413. The Labute approximate surface area is 167 Å². The molecular weight excluding hydrogens is 405 g/mol. The molecule has 0 amide bonds. The van der Waals surface area contributed by atoms with Gasteiger partial charge in [0.05, 0.1) is 28.0 Å². The molecule has 0 N–H and O–H groups in total. The summed E-state index contributed by atoms with van der Waals surface area (Å²) in [4.78, 5) is 16.2. The molecule has 150 valence electrons. The average Bonchev–Trinajstić information content (AvgIpc) is 3.14. The van der Waals surface area contributed by atoms with Gasteiger partial charge < -0.3 is 14.0 Å². The number of aromatic nitrogens is 2. The number of para-hydroxylation sites is 1. The number of rotatable bonds is 4. The number of halogens is 3. The van der Waals surface area contributed by atoms with Gasteiger partial charge in [0.2, 0.25) is 0 Å². The molecule has 0 aliphatic carbocycles. The van der Waals surface area contributed by atoms with E-state index in [9.17, 15) is 18.0 Å². The van der Waals surface area contributed by atoms with Crippen LogP contribution in [0.15, 0.2) is 42.5 Å². The Kier molecular flexibility index (Phi) is 4.70. The number of alkyl halides is 3. The van der Waals surface area contributed by atoms with Crippen LogP contribution in [0, 0.1) is 6.92 Å². The van der Waals surface area contributed by atoms with Crippen molar-refractivity contribution in [3.05, 3.63) is 53.2 Å². The molecule has 2 aromatic heterocycles. The van der Waals surface area contributed by atoms with Crippen molar-refractivity contribution >= 4 is 38.4 Å². The van der Waals surface area contributed by atoms with Crippen LogP contribution in [0.5, 0.6) is 11.5 Å². The summed E-state index contributed by atoms with van der Waals surface area (Å²) >= 11 is 1.53. The number of benzene rings is 2. The monoisotopic (exact) mass is 420 g/mol. The summed E-state index contributed by atoms with van der Waals surface area (Å²) in [6.07, 6.45) is -4.81. The van der Waals surface area contributed by atoms with Crippen LogP contribution in [0.4, 0.5) is 13.2 Å². The molecule has 0 saturated heterocycles. The number of carbonyl (C=O) groups is 1.